The molecule has 1 aliphatic rings. The molecule has 2 aromatic rings. The minimum atomic E-state index is -1.50. The third-order valence-electron chi connectivity index (χ3n) is 4.90. The lowest BCUT2D eigenvalue weighted by atomic mass is 10.0. The van der Waals surface area contributed by atoms with Crippen molar-refractivity contribution in [2.24, 2.45) is 11.5 Å². The summed E-state index contributed by atoms with van der Waals surface area (Å²) < 4.78 is 5.43. The lowest BCUT2D eigenvalue weighted by Crippen LogP contribution is -2.45. The summed E-state index contributed by atoms with van der Waals surface area (Å²) in [6.07, 6.45) is 0.731. The van der Waals surface area contributed by atoms with Crippen LogP contribution < -0.4 is 11.5 Å². The van der Waals surface area contributed by atoms with E-state index in [4.69, 9.17) is 21.3 Å². The number of carbonyl (C=O) groups is 3. The van der Waals surface area contributed by atoms with Crippen LogP contribution in [-0.4, -0.2) is 51.2 Å². The highest BCUT2D eigenvalue weighted by Gasteiger charge is 2.34. The Labute approximate surface area is 186 Å². The van der Waals surface area contributed by atoms with Crippen LogP contribution >= 0.6 is 21.6 Å². The number of esters is 1. The number of carboxylic acids is 2. The molecule has 0 heterocycles. The molecule has 0 aliphatic heterocycles. The Kier molecular flexibility index (Phi) is 7.60. The number of aliphatic carboxylic acids is 2. The maximum Gasteiger partial charge on any atom is 0.322 e. The van der Waals surface area contributed by atoms with Crippen molar-refractivity contribution in [1.82, 2.24) is 0 Å². The van der Waals surface area contributed by atoms with Gasteiger partial charge in [-0.25, -0.2) is 0 Å². The Morgan fingerprint density at radius 3 is 2.42 bits per heavy atom. The Balaban J connectivity index is 1.67. The fraction of sp³-hybridized carbons (Fsp3) is 0.286. The summed E-state index contributed by atoms with van der Waals surface area (Å²) in [5, 5.41) is 16.9. The van der Waals surface area contributed by atoms with Crippen LogP contribution in [0.5, 0.6) is 0 Å². The van der Waals surface area contributed by atoms with Crippen molar-refractivity contribution in [1.29, 1.82) is 0 Å². The number of carboxylic acid groups (broad SMARTS) is 2. The third-order valence-corrected chi connectivity index (χ3v) is 7.66. The van der Waals surface area contributed by atoms with Gasteiger partial charge >= 0.3 is 17.9 Å². The Hall–Kier alpha value is -2.53. The maximum atomic E-state index is 12.6. The zero-order valence-electron chi connectivity index (χ0n) is 16.4. The van der Waals surface area contributed by atoms with Crippen molar-refractivity contribution in [3.05, 3.63) is 59.2 Å². The second-order valence-corrected chi connectivity index (χ2v) is 9.55. The molecular weight excluding hydrogens is 440 g/mol. The van der Waals surface area contributed by atoms with Crippen LogP contribution in [0.3, 0.4) is 0 Å². The van der Waals surface area contributed by atoms with Crippen molar-refractivity contribution >= 4 is 39.5 Å². The van der Waals surface area contributed by atoms with Gasteiger partial charge in [-0.2, -0.15) is 0 Å². The normalized spacial score (nSPS) is 14.8. The largest absolute Gasteiger partial charge is 0.480 e. The highest BCUT2D eigenvalue weighted by Crippen LogP contribution is 2.38. The average Bonchev–Trinajstić information content (AvgIpc) is 3.13. The van der Waals surface area contributed by atoms with Crippen LogP contribution in [0.25, 0.3) is 11.1 Å². The van der Waals surface area contributed by atoms with Crippen molar-refractivity contribution < 1.29 is 29.3 Å². The monoisotopic (exact) mass is 462 g/mol. The molecular formula is C21H22N2O6S2. The topological polar surface area (TPSA) is 153 Å². The van der Waals surface area contributed by atoms with Gasteiger partial charge in [0.05, 0.1) is 0 Å². The summed E-state index contributed by atoms with van der Waals surface area (Å²) in [4.78, 5) is 34.8. The molecule has 164 valence electrons. The van der Waals surface area contributed by atoms with E-state index in [0.29, 0.717) is 0 Å². The molecule has 10 heteroatoms. The van der Waals surface area contributed by atoms with Gasteiger partial charge < -0.3 is 26.4 Å². The van der Waals surface area contributed by atoms with Crippen molar-refractivity contribution in [2.45, 2.75) is 30.4 Å². The predicted molar refractivity (Wildman–Crippen MR) is 120 cm³/mol. The fourth-order valence-corrected chi connectivity index (χ4v) is 5.83. The Morgan fingerprint density at radius 2 is 1.71 bits per heavy atom. The standard InChI is InChI=1S/C21H22N2O6S2/c22-16(19(24)25)10-30-31-18(17(23)20(26)27)21(28)29-9-12-5-3-7-14-13-6-2-1-4-11(13)8-15(12)14/h1-7,16-18H,8-10,22-23H2,(H,24,25)(H,26,27)/t16-,17-,18?/m0/s1. The van der Waals surface area contributed by atoms with Crippen molar-refractivity contribution in [3.8, 4) is 11.1 Å². The molecule has 31 heavy (non-hydrogen) atoms. The number of benzene rings is 2. The summed E-state index contributed by atoms with van der Waals surface area (Å²) >= 11 is 0. The molecule has 6 N–H and O–H groups in total. The van der Waals surface area contributed by atoms with Crippen molar-refractivity contribution in [3.63, 3.8) is 0 Å². The van der Waals surface area contributed by atoms with E-state index in [1.54, 1.807) is 0 Å². The number of nitrogens with two attached hydrogens (primary N) is 2. The maximum absolute atomic E-state index is 12.6. The summed E-state index contributed by atoms with van der Waals surface area (Å²) in [5.74, 6) is -3.33. The van der Waals surface area contributed by atoms with E-state index in [9.17, 15) is 19.5 Å². The molecule has 0 fully saturated rings. The molecule has 0 aromatic heterocycles. The first-order valence-corrected chi connectivity index (χ1v) is 11.8. The summed E-state index contributed by atoms with van der Waals surface area (Å²) in [7, 11) is 1.83. The second-order valence-electron chi connectivity index (χ2n) is 6.99. The van der Waals surface area contributed by atoms with Crippen LogP contribution in [-0.2, 0) is 32.1 Å². The van der Waals surface area contributed by atoms with Gasteiger partial charge in [-0.15, -0.1) is 0 Å². The molecule has 3 atom stereocenters. The first kappa shape index (κ1) is 23.1. The molecule has 8 nitrogen and oxygen atoms in total. The average molecular weight is 463 g/mol. The molecule has 0 bridgehead atoms. The number of hydrogen-bond acceptors (Lipinski definition) is 8. The smallest absolute Gasteiger partial charge is 0.322 e. The zero-order valence-corrected chi connectivity index (χ0v) is 18.0. The summed E-state index contributed by atoms with van der Waals surface area (Å²) in [6.45, 7) is -0.0152. The van der Waals surface area contributed by atoms with E-state index in [0.717, 1.165) is 50.3 Å². The van der Waals surface area contributed by atoms with Crippen LogP contribution in [0.2, 0.25) is 0 Å². The molecule has 0 saturated heterocycles. The van der Waals surface area contributed by atoms with Gasteiger partial charge in [0.25, 0.3) is 0 Å². The lowest BCUT2D eigenvalue weighted by molar-refractivity contribution is -0.149. The van der Waals surface area contributed by atoms with Crippen LogP contribution in [0.4, 0.5) is 0 Å². The first-order valence-electron chi connectivity index (χ1n) is 9.40. The van der Waals surface area contributed by atoms with E-state index in [-0.39, 0.29) is 12.4 Å². The van der Waals surface area contributed by atoms with Crippen LogP contribution in [0, 0.1) is 0 Å². The molecule has 2 aromatic carbocycles. The number of ether oxygens (including phenoxy) is 1. The van der Waals surface area contributed by atoms with Gasteiger partial charge in [0.2, 0.25) is 0 Å². The van der Waals surface area contributed by atoms with E-state index in [2.05, 4.69) is 12.1 Å². The van der Waals surface area contributed by atoms with Gasteiger partial charge in [0.15, 0.2) is 0 Å². The van der Waals surface area contributed by atoms with Crippen LogP contribution in [0.15, 0.2) is 42.5 Å². The summed E-state index contributed by atoms with van der Waals surface area (Å²) in [6, 6.07) is 11.2. The Morgan fingerprint density at radius 1 is 1.00 bits per heavy atom. The molecule has 3 rings (SSSR count). The number of rotatable bonds is 10. The van der Waals surface area contributed by atoms with Gasteiger partial charge in [0, 0.05) is 5.75 Å². The Bertz CT molecular complexity index is 1000. The second kappa shape index (κ2) is 10.2. The fourth-order valence-electron chi connectivity index (χ4n) is 3.22. The third kappa shape index (κ3) is 5.40. The molecule has 1 aliphatic carbocycles. The van der Waals surface area contributed by atoms with E-state index in [1.807, 2.05) is 30.3 Å². The zero-order chi connectivity index (χ0) is 22.5. The molecule has 0 amide bonds. The number of fused-ring (bicyclic) bond motifs is 3. The minimum absolute atomic E-state index is 0.0133. The van der Waals surface area contributed by atoms with Gasteiger partial charge in [-0.1, -0.05) is 64.1 Å². The predicted octanol–water partition coefficient (Wildman–Crippen LogP) is 1.87. The van der Waals surface area contributed by atoms with Crippen LogP contribution in [0.1, 0.15) is 16.7 Å². The first-order chi connectivity index (χ1) is 14.8. The van der Waals surface area contributed by atoms with Gasteiger partial charge in [-0.05, 0) is 34.2 Å². The highest BCUT2D eigenvalue weighted by atomic mass is 33.1. The van der Waals surface area contributed by atoms with Gasteiger partial charge in [-0.3, -0.25) is 14.4 Å². The van der Waals surface area contributed by atoms with E-state index in [1.165, 1.54) is 5.56 Å². The number of hydrogen-bond donors (Lipinski definition) is 4. The lowest BCUT2D eigenvalue weighted by Gasteiger charge is -2.19. The SMILES string of the molecule is N[C@H](C(=O)O)C(SSC[C@H](N)C(=O)O)C(=O)OCc1cccc2c1Cc1ccccc1-2. The van der Waals surface area contributed by atoms with Gasteiger partial charge in [0.1, 0.15) is 23.9 Å². The molecule has 0 saturated carbocycles. The summed E-state index contributed by atoms with van der Waals surface area (Å²) in [5.41, 5.74) is 16.5. The highest BCUT2D eigenvalue weighted by molar-refractivity contribution is 8.77. The van der Waals surface area contributed by atoms with E-state index >= 15 is 0 Å². The van der Waals surface area contributed by atoms with Crippen molar-refractivity contribution in [2.75, 3.05) is 5.75 Å². The molecule has 1 unspecified atom stereocenters. The number of carbonyl (C=O) groups excluding carboxylic acids is 1. The molecule has 0 spiro atoms. The van der Waals surface area contributed by atoms with E-state index < -0.39 is 35.2 Å². The minimum Gasteiger partial charge on any atom is -0.480 e. The molecule has 0 radical (unpaired) electrons. The quantitative estimate of drug-likeness (QED) is 0.259.